The van der Waals surface area contributed by atoms with E-state index >= 15 is 0 Å². The first kappa shape index (κ1) is 21.5. The van der Waals surface area contributed by atoms with Crippen LogP contribution < -0.4 is 5.32 Å². The van der Waals surface area contributed by atoms with Crippen LogP contribution in [0.4, 0.5) is 4.79 Å². The number of aryl methyl sites for hydroxylation is 1. The maximum atomic E-state index is 12.3. The minimum absolute atomic E-state index is 0.000546. The van der Waals surface area contributed by atoms with Crippen LogP contribution in [0.2, 0.25) is 0 Å². The van der Waals surface area contributed by atoms with Gasteiger partial charge in [-0.2, -0.15) is 0 Å². The van der Waals surface area contributed by atoms with E-state index in [-0.39, 0.29) is 18.0 Å². The third-order valence-corrected chi connectivity index (χ3v) is 4.94. The molecule has 2 aromatic rings. The zero-order valence-electron chi connectivity index (χ0n) is 17.5. The summed E-state index contributed by atoms with van der Waals surface area (Å²) in [5, 5.41) is 2.92. The van der Waals surface area contributed by atoms with E-state index in [0.29, 0.717) is 18.7 Å². The fourth-order valence-corrected chi connectivity index (χ4v) is 2.74. The van der Waals surface area contributed by atoms with Gasteiger partial charge in [-0.3, -0.25) is 4.79 Å². The summed E-state index contributed by atoms with van der Waals surface area (Å²) in [4.78, 5) is 28.0. The van der Waals surface area contributed by atoms with Crippen molar-refractivity contribution < 1.29 is 9.59 Å². The van der Waals surface area contributed by atoms with Crippen LogP contribution in [0.15, 0.2) is 48.5 Å². The third-order valence-electron chi connectivity index (χ3n) is 4.94. The van der Waals surface area contributed by atoms with Gasteiger partial charge in [-0.1, -0.05) is 43.3 Å². The molecule has 5 heteroatoms. The van der Waals surface area contributed by atoms with E-state index in [4.69, 9.17) is 0 Å². The quantitative estimate of drug-likeness (QED) is 0.786. The zero-order chi connectivity index (χ0) is 20.7. The molecule has 0 bridgehead atoms. The van der Waals surface area contributed by atoms with Gasteiger partial charge in [0.15, 0.2) is 0 Å². The predicted octanol–water partition coefficient (Wildman–Crippen LogP) is 4.07. The van der Waals surface area contributed by atoms with E-state index in [9.17, 15) is 9.59 Å². The Balaban J connectivity index is 1.86. The molecule has 0 heterocycles. The molecule has 2 rings (SSSR count). The fraction of sp³-hybridized carbons (Fsp3) is 0.391. The molecule has 2 aromatic carbocycles. The van der Waals surface area contributed by atoms with Gasteiger partial charge in [-0.05, 0) is 49.1 Å². The Morgan fingerprint density at radius 2 is 1.43 bits per heavy atom. The predicted molar refractivity (Wildman–Crippen MR) is 113 cm³/mol. The maximum Gasteiger partial charge on any atom is 0.317 e. The summed E-state index contributed by atoms with van der Waals surface area (Å²) >= 11 is 0. The van der Waals surface area contributed by atoms with Gasteiger partial charge in [-0.25, -0.2) is 4.79 Å². The van der Waals surface area contributed by atoms with Gasteiger partial charge in [0.2, 0.25) is 0 Å². The molecule has 0 unspecified atom stereocenters. The van der Waals surface area contributed by atoms with Crippen molar-refractivity contribution in [1.82, 2.24) is 15.1 Å². The first-order valence-electron chi connectivity index (χ1n) is 9.74. The normalized spacial score (nSPS) is 10.6. The number of carbonyl (C=O) groups is 2. The molecule has 0 aliphatic rings. The fourth-order valence-electron chi connectivity index (χ4n) is 2.74. The molecule has 0 aliphatic carbocycles. The number of nitrogens with one attached hydrogen (secondary N) is 1. The number of carbonyl (C=O) groups excluding carboxylic acids is 2. The van der Waals surface area contributed by atoms with Gasteiger partial charge in [0.1, 0.15) is 0 Å². The smallest absolute Gasteiger partial charge is 0.317 e. The first-order valence-corrected chi connectivity index (χ1v) is 9.74. The first-order chi connectivity index (χ1) is 13.3. The molecule has 0 atom stereocenters. The van der Waals surface area contributed by atoms with Crippen LogP contribution in [-0.2, 0) is 19.5 Å². The van der Waals surface area contributed by atoms with Crippen LogP contribution in [0.3, 0.4) is 0 Å². The van der Waals surface area contributed by atoms with E-state index in [1.54, 1.807) is 23.9 Å². The summed E-state index contributed by atoms with van der Waals surface area (Å²) in [7, 11) is 3.58. The number of rotatable bonds is 7. The molecular formula is C23H31N3O2. The molecule has 0 aromatic heterocycles. The molecule has 0 saturated heterocycles. The number of benzene rings is 2. The Bertz CT molecular complexity index is 782. The SMILES string of the molecule is CCc1ccc(CN(C)C(=O)NCc2ccc(C(=O)N(C)C(C)C)cc2)cc1. The molecule has 1 N–H and O–H groups in total. The van der Waals surface area contributed by atoms with Crippen molar-refractivity contribution in [3.8, 4) is 0 Å². The van der Waals surface area contributed by atoms with Crippen molar-refractivity contribution in [2.24, 2.45) is 0 Å². The van der Waals surface area contributed by atoms with Crippen LogP contribution in [0.5, 0.6) is 0 Å². The van der Waals surface area contributed by atoms with Crippen molar-refractivity contribution in [1.29, 1.82) is 0 Å². The van der Waals surface area contributed by atoms with E-state index in [1.807, 2.05) is 38.1 Å². The van der Waals surface area contributed by atoms with E-state index in [0.717, 1.165) is 17.5 Å². The van der Waals surface area contributed by atoms with E-state index < -0.39 is 0 Å². The number of nitrogens with zero attached hydrogens (tertiary/aromatic N) is 2. The summed E-state index contributed by atoms with van der Waals surface area (Å²) in [5.74, 6) is -0.000546. The summed E-state index contributed by atoms with van der Waals surface area (Å²) in [6.45, 7) is 7.07. The van der Waals surface area contributed by atoms with Gasteiger partial charge in [-0.15, -0.1) is 0 Å². The molecule has 5 nitrogen and oxygen atoms in total. The Morgan fingerprint density at radius 1 is 0.893 bits per heavy atom. The summed E-state index contributed by atoms with van der Waals surface area (Å²) in [5.41, 5.74) is 4.00. The summed E-state index contributed by atoms with van der Waals surface area (Å²) in [6, 6.07) is 15.7. The van der Waals surface area contributed by atoms with Crippen LogP contribution in [0.25, 0.3) is 0 Å². The highest BCUT2D eigenvalue weighted by Gasteiger charge is 2.14. The lowest BCUT2D eigenvalue weighted by Crippen LogP contribution is -2.36. The molecule has 150 valence electrons. The van der Waals surface area contributed by atoms with Crippen LogP contribution in [0.1, 0.15) is 47.8 Å². The topological polar surface area (TPSA) is 52.7 Å². The zero-order valence-corrected chi connectivity index (χ0v) is 17.5. The second kappa shape index (κ2) is 9.93. The molecule has 3 amide bonds. The highest BCUT2D eigenvalue weighted by molar-refractivity contribution is 5.94. The maximum absolute atomic E-state index is 12.3. The molecule has 28 heavy (non-hydrogen) atoms. The highest BCUT2D eigenvalue weighted by atomic mass is 16.2. The Hall–Kier alpha value is -2.82. The van der Waals surface area contributed by atoms with Crippen molar-refractivity contribution in [2.75, 3.05) is 14.1 Å². The molecule has 0 aliphatic heterocycles. The van der Waals surface area contributed by atoms with E-state index in [2.05, 4.69) is 36.5 Å². The summed E-state index contributed by atoms with van der Waals surface area (Å²) in [6.07, 6.45) is 1.01. The van der Waals surface area contributed by atoms with Crippen molar-refractivity contribution in [3.05, 3.63) is 70.8 Å². The lowest BCUT2D eigenvalue weighted by molar-refractivity contribution is 0.0755. The molecular weight excluding hydrogens is 350 g/mol. The van der Waals surface area contributed by atoms with Crippen LogP contribution in [-0.4, -0.2) is 41.9 Å². The number of hydrogen-bond acceptors (Lipinski definition) is 2. The van der Waals surface area contributed by atoms with Crippen molar-refractivity contribution in [2.45, 2.75) is 46.3 Å². The van der Waals surface area contributed by atoms with Gasteiger partial charge < -0.3 is 15.1 Å². The molecule has 0 fully saturated rings. The standard InChI is InChI=1S/C23H31N3O2/c1-6-18-7-9-20(10-8-18)16-25(4)23(28)24-15-19-11-13-21(14-12-19)22(27)26(5)17(2)3/h7-14,17H,6,15-16H2,1-5H3,(H,24,28). The van der Waals surface area contributed by atoms with Gasteiger partial charge >= 0.3 is 6.03 Å². The van der Waals surface area contributed by atoms with Crippen molar-refractivity contribution in [3.63, 3.8) is 0 Å². The molecule has 0 spiro atoms. The second-order valence-electron chi connectivity index (χ2n) is 7.39. The Morgan fingerprint density at radius 3 is 1.96 bits per heavy atom. The number of hydrogen-bond donors (Lipinski definition) is 1. The average molecular weight is 382 g/mol. The van der Waals surface area contributed by atoms with Gasteiger partial charge in [0.05, 0.1) is 0 Å². The average Bonchev–Trinajstić information content (AvgIpc) is 2.71. The van der Waals surface area contributed by atoms with Crippen LogP contribution in [0, 0.1) is 0 Å². The second-order valence-corrected chi connectivity index (χ2v) is 7.39. The largest absolute Gasteiger partial charge is 0.339 e. The van der Waals surface area contributed by atoms with Gasteiger partial charge in [0, 0.05) is 38.8 Å². The lowest BCUT2D eigenvalue weighted by atomic mass is 10.1. The van der Waals surface area contributed by atoms with Crippen molar-refractivity contribution >= 4 is 11.9 Å². The van der Waals surface area contributed by atoms with E-state index in [1.165, 1.54) is 5.56 Å². The number of urea groups is 1. The third kappa shape index (κ3) is 5.84. The Kier molecular flexibility index (Phi) is 7.61. The highest BCUT2D eigenvalue weighted by Crippen LogP contribution is 2.10. The minimum Gasteiger partial charge on any atom is -0.339 e. The van der Waals surface area contributed by atoms with Crippen LogP contribution >= 0.6 is 0 Å². The Labute approximate surface area is 168 Å². The summed E-state index contributed by atoms with van der Waals surface area (Å²) < 4.78 is 0. The van der Waals surface area contributed by atoms with Gasteiger partial charge in [0.25, 0.3) is 5.91 Å². The minimum atomic E-state index is -0.126. The number of amides is 3. The molecule has 0 radical (unpaired) electrons. The lowest BCUT2D eigenvalue weighted by Gasteiger charge is -2.21. The monoisotopic (exact) mass is 381 g/mol. The molecule has 0 saturated carbocycles.